The molecule has 0 aliphatic carbocycles. The van der Waals surface area contributed by atoms with Crippen molar-refractivity contribution in [1.29, 1.82) is 0 Å². The SMILES string of the molecule is CCNC(=NCC(O)c1ccc(C(C)(C)C)cc1)NCCNS(=O)(=O)c1ccn(C)c1.I. The van der Waals surface area contributed by atoms with Crippen molar-refractivity contribution >= 4 is 40.0 Å². The van der Waals surface area contributed by atoms with Gasteiger partial charge in [0, 0.05) is 39.1 Å². The molecule has 180 valence electrons. The molecule has 0 saturated heterocycles. The van der Waals surface area contributed by atoms with E-state index in [0.29, 0.717) is 19.0 Å². The topological polar surface area (TPSA) is 108 Å². The molecule has 1 atom stereocenters. The van der Waals surface area contributed by atoms with E-state index < -0.39 is 16.1 Å². The Bertz CT molecular complexity index is 966. The molecule has 0 bridgehead atoms. The van der Waals surface area contributed by atoms with E-state index in [1.807, 2.05) is 31.2 Å². The Kier molecular flexibility index (Phi) is 11.2. The number of nitrogens with one attached hydrogen (secondary N) is 3. The summed E-state index contributed by atoms with van der Waals surface area (Å²) in [5.41, 5.74) is 2.08. The Morgan fingerprint density at radius 1 is 1.12 bits per heavy atom. The zero-order chi connectivity index (χ0) is 23.1. The smallest absolute Gasteiger partial charge is 0.242 e. The number of sulfonamides is 1. The summed E-state index contributed by atoms with van der Waals surface area (Å²) in [7, 11) is -1.77. The molecule has 32 heavy (non-hydrogen) atoms. The van der Waals surface area contributed by atoms with Gasteiger partial charge in [-0.25, -0.2) is 13.1 Å². The molecule has 0 aliphatic heterocycles. The van der Waals surface area contributed by atoms with E-state index in [9.17, 15) is 13.5 Å². The predicted molar refractivity (Wildman–Crippen MR) is 140 cm³/mol. The van der Waals surface area contributed by atoms with Gasteiger partial charge in [-0.15, -0.1) is 24.0 Å². The number of aromatic nitrogens is 1. The summed E-state index contributed by atoms with van der Waals surface area (Å²) in [6, 6.07) is 9.48. The Morgan fingerprint density at radius 2 is 1.78 bits per heavy atom. The third-order valence-corrected chi connectivity index (χ3v) is 6.20. The summed E-state index contributed by atoms with van der Waals surface area (Å²) in [6.45, 7) is 9.80. The highest BCUT2D eigenvalue weighted by molar-refractivity contribution is 14.0. The summed E-state index contributed by atoms with van der Waals surface area (Å²) >= 11 is 0. The Labute approximate surface area is 209 Å². The molecule has 0 aliphatic rings. The van der Waals surface area contributed by atoms with Crippen molar-refractivity contribution in [3.8, 4) is 0 Å². The number of hydrogen-bond acceptors (Lipinski definition) is 4. The monoisotopic (exact) mass is 577 g/mol. The van der Waals surface area contributed by atoms with Crippen molar-refractivity contribution in [2.75, 3.05) is 26.2 Å². The Hall–Kier alpha value is -1.63. The van der Waals surface area contributed by atoms with Crippen LogP contribution in [0.2, 0.25) is 0 Å². The maximum Gasteiger partial charge on any atom is 0.242 e. The summed E-state index contributed by atoms with van der Waals surface area (Å²) in [5.74, 6) is 0.520. The van der Waals surface area contributed by atoms with Crippen LogP contribution in [-0.4, -0.2) is 50.2 Å². The first kappa shape index (κ1) is 28.4. The normalized spacial score (nSPS) is 13.4. The maximum atomic E-state index is 12.2. The largest absolute Gasteiger partial charge is 0.386 e. The molecule has 1 aromatic carbocycles. The van der Waals surface area contributed by atoms with E-state index in [1.54, 1.807) is 30.1 Å². The Morgan fingerprint density at radius 3 is 2.31 bits per heavy atom. The molecule has 10 heteroatoms. The van der Waals surface area contributed by atoms with Crippen molar-refractivity contribution in [3.05, 3.63) is 53.9 Å². The third kappa shape index (κ3) is 8.72. The lowest BCUT2D eigenvalue weighted by atomic mass is 9.86. The van der Waals surface area contributed by atoms with Crippen LogP contribution >= 0.6 is 24.0 Å². The van der Waals surface area contributed by atoms with E-state index in [4.69, 9.17) is 0 Å². The van der Waals surface area contributed by atoms with Gasteiger partial charge in [0.15, 0.2) is 5.96 Å². The zero-order valence-corrected chi connectivity index (χ0v) is 22.6. The first-order chi connectivity index (χ1) is 14.5. The first-order valence-electron chi connectivity index (χ1n) is 10.4. The van der Waals surface area contributed by atoms with Crippen LogP contribution in [0.1, 0.15) is 44.9 Å². The summed E-state index contributed by atoms with van der Waals surface area (Å²) in [4.78, 5) is 4.65. The van der Waals surface area contributed by atoms with Gasteiger partial charge in [-0.05, 0) is 29.5 Å². The number of guanidine groups is 1. The second-order valence-corrected chi connectivity index (χ2v) is 10.2. The number of halogens is 1. The number of nitrogens with zero attached hydrogens (tertiary/aromatic N) is 2. The van der Waals surface area contributed by atoms with Crippen LogP contribution < -0.4 is 15.4 Å². The molecule has 4 N–H and O–H groups in total. The zero-order valence-electron chi connectivity index (χ0n) is 19.4. The van der Waals surface area contributed by atoms with Gasteiger partial charge in [0.2, 0.25) is 10.0 Å². The predicted octanol–water partition coefficient (Wildman–Crippen LogP) is 2.51. The number of aryl methyl sites for hydroxylation is 1. The molecule has 2 rings (SSSR count). The number of hydrogen-bond donors (Lipinski definition) is 4. The summed E-state index contributed by atoms with van der Waals surface area (Å²) in [6.07, 6.45) is 2.52. The number of aliphatic hydroxyl groups is 1. The molecule has 0 spiro atoms. The third-order valence-electron chi connectivity index (χ3n) is 4.75. The van der Waals surface area contributed by atoms with E-state index in [-0.39, 0.29) is 47.4 Å². The average Bonchev–Trinajstić information content (AvgIpc) is 3.16. The van der Waals surface area contributed by atoms with E-state index in [0.717, 1.165) is 5.56 Å². The van der Waals surface area contributed by atoms with Gasteiger partial charge in [0.1, 0.15) is 0 Å². The quantitative estimate of drug-likeness (QED) is 0.159. The van der Waals surface area contributed by atoms with Gasteiger partial charge >= 0.3 is 0 Å². The molecule has 0 saturated carbocycles. The fourth-order valence-corrected chi connectivity index (χ4v) is 4.00. The highest BCUT2D eigenvalue weighted by Gasteiger charge is 2.15. The van der Waals surface area contributed by atoms with Gasteiger partial charge in [-0.2, -0.15) is 0 Å². The number of aliphatic imine (C=N–C) groups is 1. The average molecular weight is 578 g/mol. The number of rotatable bonds is 9. The van der Waals surface area contributed by atoms with Gasteiger partial charge in [0.05, 0.1) is 17.5 Å². The van der Waals surface area contributed by atoms with Crippen LogP contribution in [0.5, 0.6) is 0 Å². The van der Waals surface area contributed by atoms with E-state index >= 15 is 0 Å². The molecule has 1 aromatic heterocycles. The van der Waals surface area contributed by atoms with Crippen molar-refractivity contribution in [3.63, 3.8) is 0 Å². The molecule has 0 amide bonds. The molecule has 8 nitrogen and oxygen atoms in total. The van der Waals surface area contributed by atoms with Gasteiger partial charge in [0.25, 0.3) is 0 Å². The molecule has 2 aromatic rings. The molecular weight excluding hydrogens is 541 g/mol. The lowest BCUT2D eigenvalue weighted by Crippen LogP contribution is -2.41. The van der Waals surface area contributed by atoms with Crippen LogP contribution in [0.15, 0.2) is 52.6 Å². The van der Waals surface area contributed by atoms with Gasteiger partial charge in [-0.1, -0.05) is 45.0 Å². The van der Waals surface area contributed by atoms with Crippen molar-refractivity contribution in [2.45, 2.75) is 44.1 Å². The first-order valence-corrected chi connectivity index (χ1v) is 11.9. The minimum absolute atomic E-state index is 0. The molecule has 1 heterocycles. The fourth-order valence-electron chi connectivity index (χ4n) is 2.92. The fraction of sp³-hybridized carbons (Fsp3) is 0.500. The van der Waals surface area contributed by atoms with Crippen LogP contribution in [0.3, 0.4) is 0 Å². The highest BCUT2D eigenvalue weighted by Crippen LogP contribution is 2.24. The van der Waals surface area contributed by atoms with Crippen molar-refractivity contribution in [1.82, 2.24) is 19.9 Å². The van der Waals surface area contributed by atoms with Crippen molar-refractivity contribution in [2.24, 2.45) is 12.0 Å². The van der Waals surface area contributed by atoms with Crippen LogP contribution in [0.25, 0.3) is 0 Å². The second kappa shape index (κ2) is 12.6. The lowest BCUT2D eigenvalue weighted by Gasteiger charge is -2.20. The van der Waals surface area contributed by atoms with Gasteiger partial charge < -0.3 is 20.3 Å². The molecular formula is C22H36IN5O3S. The van der Waals surface area contributed by atoms with Crippen LogP contribution in [0, 0.1) is 0 Å². The maximum absolute atomic E-state index is 12.2. The number of aliphatic hydroxyl groups excluding tert-OH is 1. The van der Waals surface area contributed by atoms with Crippen LogP contribution in [0.4, 0.5) is 0 Å². The minimum atomic E-state index is -3.54. The lowest BCUT2D eigenvalue weighted by molar-refractivity contribution is 0.187. The highest BCUT2D eigenvalue weighted by atomic mass is 127. The summed E-state index contributed by atoms with van der Waals surface area (Å²) in [5, 5.41) is 16.7. The standard InChI is InChI=1S/C22H35N5O3S.HI/c1-6-23-21(24-12-13-26-31(29,30)19-11-14-27(5)16-19)25-15-20(28)17-7-9-18(10-8-17)22(2,3)4;/h7-11,14,16,20,26,28H,6,12-13,15H2,1-5H3,(H2,23,24,25);1H. The molecule has 0 radical (unpaired) electrons. The number of benzene rings is 1. The molecule has 1 unspecified atom stereocenters. The van der Waals surface area contributed by atoms with E-state index in [1.165, 1.54) is 5.56 Å². The van der Waals surface area contributed by atoms with E-state index in [2.05, 4.69) is 41.1 Å². The minimum Gasteiger partial charge on any atom is -0.386 e. The van der Waals surface area contributed by atoms with Crippen molar-refractivity contribution < 1.29 is 13.5 Å². The Balaban J connectivity index is 0.00000512. The van der Waals surface area contributed by atoms with Gasteiger partial charge in [-0.3, -0.25) is 4.99 Å². The molecule has 0 fully saturated rings. The van der Waals surface area contributed by atoms with Crippen LogP contribution in [-0.2, 0) is 22.5 Å². The summed E-state index contributed by atoms with van der Waals surface area (Å²) < 4.78 is 28.7. The second-order valence-electron chi connectivity index (χ2n) is 8.44.